The molecule has 9 nitrogen and oxygen atoms in total. The van der Waals surface area contributed by atoms with Gasteiger partial charge in [-0.3, -0.25) is 9.69 Å². The van der Waals surface area contributed by atoms with Crippen molar-refractivity contribution < 1.29 is 19.5 Å². The molecule has 1 saturated heterocycles. The van der Waals surface area contributed by atoms with E-state index in [4.69, 9.17) is 14.6 Å². The van der Waals surface area contributed by atoms with Gasteiger partial charge in [0.25, 0.3) is 5.91 Å². The number of rotatable bonds is 8. The van der Waals surface area contributed by atoms with Crippen molar-refractivity contribution >= 4 is 28.1 Å². The summed E-state index contributed by atoms with van der Waals surface area (Å²) in [6.07, 6.45) is 0. The van der Waals surface area contributed by atoms with Gasteiger partial charge in [0.05, 0.1) is 24.6 Å². The zero-order valence-corrected chi connectivity index (χ0v) is 25.0. The molecule has 1 fully saturated rings. The molecule has 9 heteroatoms. The van der Waals surface area contributed by atoms with E-state index in [2.05, 4.69) is 36.1 Å². The number of fused-ring (bicyclic) bond motifs is 1. The number of morpholine rings is 1. The lowest BCUT2D eigenvalue weighted by Gasteiger charge is -2.26. The number of hydrogen-bond donors (Lipinski definition) is 2. The molecule has 0 atom stereocenters. The van der Waals surface area contributed by atoms with Crippen LogP contribution in [0.4, 0.5) is 5.69 Å². The zero-order chi connectivity index (χ0) is 29.9. The highest BCUT2D eigenvalue weighted by Crippen LogP contribution is 2.32. The molecule has 0 aliphatic carbocycles. The monoisotopic (exact) mass is 569 g/mol. The fraction of sp³-hybridized carbons (Fsp3) is 0.364. The molecule has 0 bridgehead atoms. The molecule has 0 saturated carbocycles. The van der Waals surface area contributed by atoms with Gasteiger partial charge in [0.2, 0.25) is 0 Å². The first-order chi connectivity index (χ1) is 20.2. The van der Waals surface area contributed by atoms with Gasteiger partial charge in [-0.15, -0.1) is 0 Å². The number of nitrogens with zero attached hydrogens (tertiary/aromatic N) is 4. The molecule has 220 valence electrons. The Hall–Kier alpha value is -4.21. The summed E-state index contributed by atoms with van der Waals surface area (Å²) in [5.74, 6) is 0.199. The molecule has 0 unspecified atom stereocenters. The fourth-order valence-electron chi connectivity index (χ4n) is 4.98. The first-order valence-corrected chi connectivity index (χ1v) is 14.3. The van der Waals surface area contributed by atoms with Crippen molar-refractivity contribution in [2.24, 2.45) is 5.16 Å². The van der Waals surface area contributed by atoms with Gasteiger partial charge in [-0.05, 0) is 55.3 Å². The van der Waals surface area contributed by atoms with Crippen molar-refractivity contribution in [2.45, 2.75) is 40.0 Å². The van der Waals surface area contributed by atoms with E-state index < -0.39 is 5.91 Å². The molecule has 1 aliphatic heterocycles. The zero-order valence-electron chi connectivity index (χ0n) is 25.0. The molecule has 4 aromatic rings. The van der Waals surface area contributed by atoms with Crippen LogP contribution < -0.4 is 10.1 Å². The molecule has 2 heterocycles. The van der Waals surface area contributed by atoms with Crippen LogP contribution in [0, 0.1) is 13.8 Å². The minimum Gasteiger partial charge on any atom is -0.492 e. The number of carbonyl (C=O) groups excluding carboxylic acids is 1. The summed E-state index contributed by atoms with van der Waals surface area (Å²) in [4.78, 5) is 16.0. The van der Waals surface area contributed by atoms with Gasteiger partial charge in [-0.2, -0.15) is 5.10 Å². The summed E-state index contributed by atoms with van der Waals surface area (Å²) in [7, 11) is 0. The van der Waals surface area contributed by atoms with Crippen LogP contribution in [-0.4, -0.2) is 71.0 Å². The van der Waals surface area contributed by atoms with Gasteiger partial charge < -0.3 is 20.0 Å². The second-order valence-corrected chi connectivity index (χ2v) is 11.7. The van der Waals surface area contributed by atoms with Crippen molar-refractivity contribution in [3.8, 4) is 11.4 Å². The Labute approximate surface area is 246 Å². The first kappa shape index (κ1) is 29.3. The summed E-state index contributed by atoms with van der Waals surface area (Å²) < 4.78 is 13.3. The third-order valence-electron chi connectivity index (χ3n) is 7.67. The van der Waals surface area contributed by atoms with E-state index in [0.29, 0.717) is 18.0 Å². The number of oxime groups is 1. The van der Waals surface area contributed by atoms with Gasteiger partial charge in [-0.25, -0.2) is 4.68 Å². The summed E-state index contributed by atoms with van der Waals surface area (Å²) in [6.45, 7) is 14.9. The van der Waals surface area contributed by atoms with Crippen LogP contribution >= 0.6 is 0 Å². The minimum atomic E-state index is -0.547. The molecule has 1 amide bonds. The van der Waals surface area contributed by atoms with Crippen LogP contribution in [-0.2, 0) is 14.9 Å². The number of benzene rings is 3. The van der Waals surface area contributed by atoms with E-state index in [-0.39, 0.29) is 11.1 Å². The average Bonchev–Trinajstić information content (AvgIpc) is 3.42. The number of ether oxygens (including phenoxy) is 2. The van der Waals surface area contributed by atoms with Gasteiger partial charge in [0, 0.05) is 41.5 Å². The summed E-state index contributed by atoms with van der Waals surface area (Å²) >= 11 is 0. The van der Waals surface area contributed by atoms with Crippen LogP contribution in [0.3, 0.4) is 0 Å². The van der Waals surface area contributed by atoms with E-state index in [9.17, 15) is 10.0 Å². The molecular weight excluding hydrogens is 530 g/mol. The molecular formula is C33H39N5O4. The number of amides is 1. The van der Waals surface area contributed by atoms with Crippen LogP contribution in [0.1, 0.15) is 43.3 Å². The van der Waals surface area contributed by atoms with Crippen molar-refractivity contribution in [3.05, 3.63) is 83.2 Å². The van der Waals surface area contributed by atoms with E-state index in [1.807, 2.05) is 74.5 Å². The maximum absolute atomic E-state index is 13.7. The molecule has 42 heavy (non-hydrogen) atoms. The Morgan fingerprint density at radius 1 is 1.02 bits per heavy atom. The maximum atomic E-state index is 13.7. The van der Waals surface area contributed by atoms with Crippen molar-refractivity contribution in [3.63, 3.8) is 0 Å². The third-order valence-corrected chi connectivity index (χ3v) is 7.67. The molecule has 2 N–H and O–H groups in total. The summed E-state index contributed by atoms with van der Waals surface area (Å²) in [6, 6.07) is 19.2. The standard InChI is InChI=1S/C33H39N5O4/c1-22-10-11-24(20-23(22)2)38-28(21-30(35-38)33(3,4)5)31(36-40)32(39)34-27-12-13-29(26-9-7-6-8-25(26)27)42-19-16-37-14-17-41-18-15-37/h6-13,20-21,40H,14-19H2,1-5H3,(H,34,39)/b36-31-. The van der Waals surface area contributed by atoms with E-state index >= 15 is 0 Å². The molecule has 0 spiro atoms. The highest BCUT2D eigenvalue weighted by atomic mass is 16.5. The predicted octanol–water partition coefficient (Wildman–Crippen LogP) is 5.47. The van der Waals surface area contributed by atoms with Crippen molar-refractivity contribution in [1.82, 2.24) is 14.7 Å². The van der Waals surface area contributed by atoms with Gasteiger partial charge in [0.1, 0.15) is 18.1 Å². The molecule has 5 rings (SSSR count). The lowest BCUT2D eigenvalue weighted by molar-refractivity contribution is -0.110. The third kappa shape index (κ3) is 6.32. The number of nitrogens with one attached hydrogen (secondary N) is 1. The SMILES string of the molecule is Cc1ccc(-n2nc(C(C)(C)C)cc2/C(=N/O)C(=O)Nc2ccc(OCCN3CCOCC3)c3ccccc23)cc1C. The smallest absolute Gasteiger partial charge is 0.279 e. The molecule has 0 radical (unpaired) electrons. The molecule has 1 aromatic heterocycles. The summed E-state index contributed by atoms with van der Waals surface area (Å²) in [5, 5.41) is 23.1. The number of aryl methyl sites for hydroxylation is 2. The van der Waals surface area contributed by atoms with Gasteiger partial charge >= 0.3 is 0 Å². The Morgan fingerprint density at radius 3 is 2.45 bits per heavy atom. The Morgan fingerprint density at radius 2 is 1.76 bits per heavy atom. The van der Waals surface area contributed by atoms with E-state index in [1.165, 1.54) is 0 Å². The largest absolute Gasteiger partial charge is 0.492 e. The topological polar surface area (TPSA) is 101 Å². The van der Waals surface area contributed by atoms with E-state index in [1.54, 1.807) is 4.68 Å². The Balaban J connectivity index is 1.42. The predicted molar refractivity (Wildman–Crippen MR) is 165 cm³/mol. The number of aromatic nitrogens is 2. The van der Waals surface area contributed by atoms with Crippen LogP contribution in [0.25, 0.3) is 16.5 Å². The second-order valence-electron chi connectivity index (χ2n) is 11.7. The minimum absolute atomic E-state index is 0.133. The average molecular weight is 570 g/mol. The van der Waals surface area contributed by atoms with Crippen LogP contribution in [0.2, 0.25) is 0 Å². The quantitative estimate of drug-likeness (QED) is 0.166. The van der Waals surface area contributed by atoms with Crippen molar-refractivity contribution in [1.29, 1.82) is 0 Å². The number of carbonyl (C=O) groups is 1. The van der Waals surface area contributed by atoms with Crippen LogP contribution in [0.5, 0.6) is 5.75 Å². The Kier molecular flexibility index (Phi) is 8.61. The van der Waals surface area contributed by atoms with Crippen molar-refractivity contribution in [2.75, 3.05) is 44.8 Å². The summed E-state index contributed by atoms with van der Waals surface area (Å²) in [5.41, 5.74) is 4.36. The molecule has 1 aliphatic rings. The first-order valence-electron chi connectivity index (χ1n) is 14.3. The highest BCUT2D eigenvalue weighted by molar-refractivity contribution is 6.48. The fourth-order valence-corrected chi connectivity index (χ4v) is 4.98. The van der Waals surface area contributed by atoms with Gasteiger partial charge in [0.15, 0.2) is 5.71 Å². The Bertz CT molecular complexity index is 1610. The molecule has 3 aromatic carbocycles. The lowest BCUT2D eigenvalue weighted by Crippen LogP contribution is -2.38. The number of anilines is 1. The second kappa shape index (κ2) is 12.3. The van der Waals surface area contributed by atoms with Crippen LogP contribution in [0.15, 0.2) is 65.8 Å². The van der Waals surface area contributed by atoms with Gasteiger partial charge in [-0.1, -0.05) is 56.3 Å². The maximum Gasteiger partial charge on any atom is 0.279 e. The lowest BCUT2D eigenvalue weighted by atomic mass is 9.92. The highest BCUT2D eigenvalue weighted by Gasteiger charge is 2.27. The van der Waals surface area contributed by atoms with E-state index in [0.717, 1.165) is 71.9 Å². The number of hydrogen-bond acceptors (Lipinski definition) is 7. The normalized spacial score (nSPS) is 14.7.